The quantitative estimate of drug-likeness (QED) is 0.727. The minimum absolute atomic E-state index is 0.0374. The van der Waals surface area contributed by atoms with Gasteiger partial charge in [-0.3, -0.25) is 0 Å². The summed E-state index contributed by atoms with van der Waals surface area (Å²) in [5.74, 6) is -0.0308. The van der Waals surface area contributed by atoms with Crippen LogP contribution in [0, 0.1) is 42.3 Å². The van der Waals surface area contributed by atoms with Gasteiger partial charge in [-0.25, -0.2) is 4.39 Å². The number of hydrogen-bond donors (Lipinski definition) is 0. The molecule has 0 aliphatic carbocycles. The van der Waals surface area contributed by atoms with Crippen molar-refractivity contribution >= 4 is 17.7 Å². The molecule has 2 rings (SSSR count). The molecule has 0 bridgehead atoms. The third-order valence-corrected chi connectivity index (χ3v) is 3.84. The Kier molecular flexibility index (Phi) is 5.58. The van der Waals surface area contributed by atoms with Gasteiger partial charge in [0, 0.05) is 0 Å². The molecule has 2 aromatic carbocycles. The first-order valence-electron chi connectivity index (χ1n) is 7.14. The SMILES string of the molecule is Cc1cc(C)c(COc2ccc(F)cc2Cl)cc1C=C(C#N)C#N. The number of nitriles is 2. The summed E-state index contributed by atoms with van der Waals surface area (Å²) >= 11 is 5.95. The second kappa shape index (κ2) is 7.64. The van der Waals surface area contributed by atoms with Gasteiger partial charge in [0.15, 0.2) is 0 Å². The van der Waals surface area contributed by atoms with Gasteiger partial charge in [0.2, 0.25) is 0 Å². The second-order valence-electron chi connectivity index (χ2n) is 5.28. The van der Waals surface area contributed by atoms with E-state index < -0.39 is 5.82 Å². The minimum atomic E-state index is -0.424. The van der Waals surface area contributed by atoms with Gasteiger partial charge in [-0.15, -0.1) is 0 Å². The van der Waals surface area contributed by atoms with Crippen molar-refractivity contribution in [3.05, 3.63) is 69.0 Å². The van der Waals surface area contributed by atoms with Crippen molar-refractivity contribution in [2.75, 3.05) is 0 Å². The smallest absolute Gasteiger partial charge is 0.138 e. The fourth-order valence-corrected chi connectivity index (χ4v) is 2.44. The van der Waals surface area contributed by atoms with E-state index in [1.807, 2.05) is 38.1 Å². The van der Waals surface area contributed by atoms with E-state index in [0.29, 0.717) is 5.75 Å². The zero-order chi connectivity index (χ0) is 17.7. The first-order valence-corrected chi connectivity index (χ1v) is 7.52. The molecule has 0 unspecified atom stereocenters. The summed E-state index contributed by atoms with van der Waals surface area (Å²) in [6.45, 7) is 4.10. The van der Waals surface area contributed by atoms with Crippen LogP contribution in [0.5, 0.6) is 5.75 Å². The monoisotopic (exact) mass is 340 g/mol. The molecule has 0 N–H and O–H groups in total. The molecule has 0 amide bonds. The van der Waals surface area contributed by atoms with Crippen LogP contribution in [0.3, 0.4) is 0 Å². The maximum atomic E-state index is 13.1. The molecule has 0 atom stereocenters. The lowest BCUT2D eigenvalue weighted by Crippen LogP contribution is -2.00. The summed E-state index contributed by atoms with van der Waals surface area (Å²) < 4.78 is 18.7. The normalized spacial score (nSPS) is 9.75. The van der Waals surface area contributed by atoms with Gasteiger partial charge in [0.1, 0.15) is 35.9 Å². The van der Waals surface area contributed by atoms with Crippen LogP contribution in [0.2, 0.25) is 5.02 Å². The molecule has 0 aromatic heterocycles. The molecule has 0 aliphatic rings. The Balaban J connectivity index is 2.29. The van der Waals surface area contributed by atoms with Crippen LogP contribution in [-0.2, 0) is 6.61 Å². The molecule has 0 aliphatic heterocycles. The van der Waals surface area contributed by atoms with E-state index in [0.717, 1.165) is 22.3 Å². The van der Waals surface area contributed by atoms with E-state index in [4.69, 9.17) is 26.9 Å². The number of allylic oxidation sites excluding steroid dienone is 1. The number of aryl methyl sites for hydroxylation is 2. The number of benzene rings is 2. The Hall–Kier alpha value is -2.82. The number of hydrogen-bond acceptors (Lipinski definition) is 3. The molecule has 120 valence electrons. The average molecular weight is 341 g/mol. The van der Waals surface area contributed by atoms with Crippen molar-refractivity contribution in [2.45, 2.75) is 20.5 Å². The number of rotatable bonds is 4. The summed E-state index contributed by atoms with van der Waals surface area (Å²) in [7, 11) is 0. The lowest BCUT2D eigenvalue weighted by atomic mass is 9.99. The van der Waals surface area contributed by atoms with Crippen LogP contribution in [0.1, 0.15) is 22.3 Å². The highest BCUT2D eigenvalue weighted by atomic mass is 35.5. The highest BCUT2D eigenvalue weighted by molar-refractivity contribution is 6.32. The molecule has 0 saturated heterocycles. The van der Waals surface area contributed by atoms with E-state index >= 15 is 0 Å². The molecule has 2 aromatic rings. The van der Waals surface area contributed by atoms with Crippen molar-refractivity contribution in [1.82, 2.24) is 0 Å². The Morgan fingerprint density at radius 1 is 1.17 bits per heavy atom. The highest BCUT2D eigenvalue weighted by Gasteiger charge is 2.08. The summed E-state index contributed by atoms with van der Waals surface area (Å²) in [5, 5.41) is 18.0. The lowest BCUT2D eigenvalue weighted by Gasteiger charge is -2.12. The van der Waals surface area contributed by atoms with E-state index in [-0.39, 0.29) is 17.2 Å². The van der Waals surface area contributed by atoms with Crippen molar-refractivity contribution in [1.29, 1.82) is 10.5 Å². The predicted octanol–water partition coefficient (Wildman–Crippen LogP) is 5.11. The molecular weight excluding hydrogens is 327 g/mol. The Morgan fingerprint density at radius 3 is 2.50 bits per heavy atom. The summed E-state index contributed by atoms with van der Waals surface area (Å²) in [4.78, 5) is 0. The predicted molar refractivity (Wildman–Crippen MR) is 90.9 cm³/mol. The van der Waals surface area contributed by atoms with E-state index in [2.05, 4.69) is 0 Å². The van der Waals surface area contributed by atoms with Crippen molar-refractivity contribution in [3.63, 3.8) is 0 Å². The van der Waals surface area contributed by atoms with Crippen LogP contribution in [0.4, 0.5) is 4.39 Å². The third-order valence-electron chi connectivity index (χ3n) is 3.54. The minimum Gasteiger partial charge on any atom is -0.487 e. The van der Waals surface area contributed by atoms with Gasteiger partial charge in [0.05, 0.1) is 5.02 Å². The standard InChI is InChI=1S/C19H14ClFN2O/c1-12-5-13(2)16(7-15(12)6-14(9-22)10-23)11-24-19-4-3-17(21)8-18(19)20/h3-8H,11H2,1-2H3. The van der Waals surface area contributed by atoms with Gasteiger partial charge in [0.25, 0.3) is 0 Å². The zero-order valence-corrected chi connectivity index (χ0v) is 14.0. The number of nitrogens with zero attached hydrogens (tertiary/aromatic N) is 2. The van der Waals surface area contributed by atoms with Crippen molar-refractivity contribution < 1.29 is 9.13 Å². The molecule has 24 heavy (non-hydrogen) atoms. The second-order valence-corrected chi connectivity index (χ2v) is 5.69. The lowest BCUT2D eigenvalue weighted by molar-refractivity contribution is 0.305. The van der Waals surface area contributed by atoms with E-state index in [9.17, 15) is 4.39 Å². The van der Waals surface area contributed by atoms with E-state index in [1.54, 1.807) is 6.08 Å². The van der Waals surface area contributed by atoms with Crippen LogP contribution in [0.25, 0.3) is 6.08 Å². The molecule has 5 heteroatoms. The summed E-state index contributed by atoms with van der Waals surface area (Å²) in [5.41, 5.74) is 3.68. The molecule has 0 fully saturated rings. The van der Waals surface area contributed by atoms with Gasteiger partial charge in [-0.1, -0.05) is 17.7 Å². The molecule has 0 heterocycles. The third kappa shape index (κ3) is 4.13. The van der Waals surface area contributed by atoms with Gasteiger partial charge in [-0.05, 0) is 66.4 Å². The van der Waals surface area contributed by atoms with Gasteiger partial charge < -0.3 is 4.74 Å². The maximum absolute atomic E-state index is 13.1. The molecule has 0 radical (unpaired) electrons. The van der Waals surface area contributed by atoms with Crippen LogP contribution in [0.15, 0.2) is 35.9 Å². The zero-order valence-electron chi connectivity index (χ0n) is 13.2. The Morgan fingerprint density at radius 2 is 1.88 bits per heavy atom. The van der Waals surface area contributed by atoms with Crippen LogP contribution >= 0.6 is 11.6 Å². The fourth-order valence-electron chi connectivity index (χ4n) is 2.22. The maximum Gasteiger partial charge on any atom is 0.138 e. The van der Waals surface area contributed by atoms with Crippen molar-refractivity contribution in [2.24, 2.45) is 0 Å². The molecule has 0 spiro atoms. The van der Waals surface area contributed by atoms with Crippen LogP contribution in [-0.4, -0.2) is 0 Å². The Bertz CT molecular complexity index is 875. The number of ether oxygens (including phenoxy) is 1. The van der Waals surface area contributed by atoms with Gasteiger partial charge in [-0.2, -0.15) is 10.5 Å². The van der Waals surface area contributed by atoms with Gasteiger partial charge >= 0.3 is 0 Å². The average Bonchev–Trinajstić information content (AvgIpc) is 2.54. The largest absolute Gasteiger partial charge is 0.487 e. The van der Waals surface area contributed by atoms with Crippen molar-refractivity contribution in [3.8, 4) is 17.9 Å². The Labute approximate surface area is 145 Å². The topological polar surface area (TPSA) is 56.8 Å². The first kappa shape index (κ1) is 17.5. The molecule has 0 saturated carbocycles. The fraction of sp³-hybridized carbons (Fsp3) is 0.158. The summed E-state index contributed by atoms with van der Waals surface area (Å²) in [6, 6.07) is 11.5. The summed E-state index contributed by atoms with van der Waals surface area (Å²) in [6.07, 6.45) is 1.54. The highest BCUT2D eigenvalue weighted by Crippen LogP contribution is 2.27. The first-order chi connectivity index (χ1) is 11.4. The number of halogens is 2. The van der Waals surface area contributed by atoms with Crippen LogP contribution < -0.4 is 4.74 Å². The molecular formula is C19H14ClFN2O. The van der Waals surface area contributed by atoms with E-state index in [1.165, 1.54) is 18.2 Å². The molecule has 3 nitrogen and oxygen atoms in total.